The van der Waals surface area contributed by atoms with Crippen LogP contribution in [0.3, 0.4) is 0 Å². The Balaban J connectivity index is 1.55. The summed E-state index contributed by atoms with van der Waals surface area (Å²) in [5.41, 5.74) is 0.388. The molecule has 0 saturated carbocycles. The fraction of sp³-hybridized carbons (Fsp3) is 0.421. The summed E-state index contributed by atoms with van der Waals surface area (Å²) in [6.07, 6.45) is -4.75. The molecule has 1 saturated heterocycles. The van der Waals surface area contributed by atoms with Gasteiger partial charge in [-0.05, 0) is 31.2 Å². The predicted octanol–water partition coefficient (Wildman–Crippen LogP) is 3.10. The van der Waals surface area contributed by atoms with Crippen molar-refractivity contribution in [3.05, 3.63) is 36.2 Å². The number of aryl methyl sites for hydroxylation is 1. The number of aromatic nitrogens is 2. The first kappa shape index (κ1) is 21.5. The van der Waals surface area contributed by atoms with Crippen LogP contribution < -0.4 is 19.9 Å². The number of carbonyl (C=O) groups is 1. The highest BCUT2D eigenvalue weighted by Crippen LogP contribution is 2.24. The van der Waals surface area contributed by atoms with Gasteiger partial charge in [0.15, 0.2) is 0 Å². The Morgan fingerprint density at radius 2 is 1.73 bits per heavy atom. The minimum absolute atomic E-state index is 0.313. The molecule has 2 heterocycles. The van der Waals surface area contributed by atoms with Crippen LogP contribution in [0.25, 0.3) is 0 Å². The van der Waals surface area contributed by atoms with E-state index in [1.165, 1.54) is 12.1 Å². The van der Waals surface area contributed by atoms with Crippen LogP contribution in [0.2, 0.25) is 0 Å². The maximum absolute atomic E-state index is 12.5. The number of hydrogen-bond acceptors (Lipinski definition) is 6. The van der Waals surface area contributed by atoms with Crippen molar-refractivity contribution in [2.75, 3.05) is 55.4 Å². The Morgan fingerprint density at radius 3 is 2.30 bits per heavy atom. The van der Waals surface area contributed by atoms with Crippen LogP contribution in [0.5, 0.6) is 5.75 Å². The number of nitrogens with zero attached hydrogens (tertiary/aromatic N) is 5. The van der Waals surface area contributed by atoms with Gasteiger partial charge >= 0.3 is 12.4 Å². The highest BCUT2D eigenvalue weighted by Gasteiger charge is 2.31. The molecule has 0 aliphatic carbocycles. The lowest BCUT2D eigenvalue weighted by Gasteiger charge is -2.35. The molecule has 11 heteroatoms. The van der Waals surface area contributed by atoms with Crippen molar-refractivity contribution in [1.29, 1.82) is 0 Å². The number of nitrogens with one attached hydrogen (secondary N) is 1. The van der Waals surface area contributed by atoms with Crippen LogP contribution in [0.1, 0.15) is 5.82 Å². The number of amides is 2. The lowest BCUT2D eigenvalue weighted by atomic mass is 10.3. The van der Waals surface area contributed by atoms with Crippen LogP contribution >= 0.6 is 0 Å². The molecule has 1 aliphatic rings. The van der Waals surface area contributed by atoms with E-state index >= 15 is 0 Å². The summed E-state index contributed by atoms with van der Waals surface area (Å²) in [5.74, 6) is 1.96. The van der Waals surface area contributed by atoms with Gasteiger partial charge in [0.25, 0.3) is 0 Å². The molecule has 30 heavy (non-hydrogen) atoms. The average molecular weight is 424 g/mol. The summed E-state index contributed by atoms with van der Waals surface area (Å²) in [6, 6.07) is 6.63. The first-order valence-electron chi connectivity index (χ1n) is 9.30. The zero-order valence-corrected chi connectivity index (χ0v) is 16.9. The molecule has 3 rings (SSSR count). The topological polar surface area (TPSA) is 73.8 Å². The number of halogens is 3. The van der Waals surface area contributed by atoms with Gasteiger partial charge in [0.1, 0.15) is 23.2 Å². The van der Waals surface area contributed by atoms with Crippen molar-refractivity contribution in [3.8, 4) is 5.75 Å². The van der Waals surface area contributed by atoms with Gasteiger partial charge in [-0.2, -0.15) is 0 Å². The normalized spacial score (nSPS) is 14.5. The van der Waals surface area contributed by atoms with E-state index in [1.807, 2.05) is 32.0 Å². The van der Waals surface area contributed by atoms with E-state index in [4.69, 9.17) is 0 Å². The quantitative estimate of drug-likeness (QED) is 0.813. The number of alkyl halides is 3. The maximum atomic E-state index is 12.5. The molecule has 0 bridgehead atoms. The molecule has 0 atom stereocenters. The Labute approximate surface area is 172 Å². The third-order valence-electron chi connectivity index (χ3n) is 4.50. The molecular formula is C19H23F3N6O2. The van der Waals surface area contributed by atoms with Crippen molar-refractivity contribution >= 4 is 23.4 Å². The summed E-state index contributed by atoms with van der Waals surface area (Å²) in [5, 5.41) is 2.69. The molecular weight excluding hydrogens is 401 g/mol. The van der Waals surface area contributed by atoms with Crippen molar-refractivity contribution < 1.29 is 22.7 Å². The SMILES string of the molecule is Cc1nc(N(C)C)cc(N2CCN(C(=O)Nc3ccc(OC(F)(F)F)cc3)CC2)n1. The molecule has 0 radical (unpaired) electrons. The number of rotatable bonds is 4. The molecule has 0 spiro atoms. The van der Waals surface area contributed by atoms with E-state index in [1.54, 1.807) is 4.90 Å². The zero-order chi connectivity index (χ0) is 21.9. The number of hydrogen-bond donors (Lipinski definition) is 1. The van der Waals surface area contributed by atoms with Gasteiger partial charge in [0.05, 0.1) is 0 Å². The standard InChI is InChI=1S/C19H23F3N6O2/c1-13-23-16(26(2)3)12-17(24-13)27-8-10-28(11-9-27)18(29)25-14-4-6-15(7-5-14)30-19(20,21)22/h4-7,12H,8-11H2,1-3H3,(H,25,29). The Morgan fingerprint density at radius 1 is 1.10 bits per heavy atom. The smallest absolute Gasteiger partial charge is 0.406 e. The van der Waals surface area contributed by atoms with Gasteiger partial charge in [-0.25, -0.2) is 14.8 Å². The van der Waals surface area contributed by atoms with Crippen LogP contribution in [0.4, 0.5) is 35.3 Å². The van der Waals surface area contributed by atoms with Crippen LogP contribution in [-0.2, 0) is 0 Å². The molecule has 2 aromatic rings. The molecule has 8 nitrogen and oxygen atoms in total. The molecule has 1 aromatic heterocycles. The van der Waals surface area contributed by atoms with E-state index in [0.29, 0.717) is 37.7 Å². The molecule has 0 unspecified atom stereocenters. The lowest BCUT2D eigenvalue weighted by molar-refractivity contribution is -0.274. The molecule has 2 amide bonds. The Kier molecular flexibility index (Phi) is 6.18. The van der Waals surface area contributed by atoms with Crippen molar-refractivity contribution in [2.45, 2.75) is 13.3 Å². The van der Waals surface area contributed by atoms with Crippen LogP contribution in [0, 0.1) is 6.92 Å². The minimum atomic E-state index is -4.75. The van der Waals surface area contributed by atoms with Gasteiger partial charge in [0.2, 0.25) is 0 Å². The first-order valence-corrected chi connectivity index (χ1v) is 9.30. The largest absolute Gasteiger partial charge is 0.573 e. The maximum Gasteiger partial charge on any atom is 0.573 e. The fourth-order valence-corrected chi connectivity index (χ4v) is 3.01. The zero-order valence-electron chi connectivity index (χ0n) is 16.9. The summed E-state index contributed by atoms with van der Waals surface area (Å²) in [6.45, 7) is 4.03. The Bertz CT molecular complexity index is 881. The predicted molar refractivity (Wildman–Crippen MR) is 107 cm³/mol. The highest BCUT2D eigenvalue weighted by atomic mass is 19.4. The lowest BCUT2D eigenvalue weighted by Crippen LogP contribution is -2.50. The van der Waals surface area contributed by atoms with Gasteiger partial charge in [0, 0.05) is 52.0 Å². The number of piperazine rings is 1. The molecule has 1 aliphatic heterocycles. The Hall–Kier alpha value is -3.24. The first-order chi connectivity index (χ1) is 14.1. The minimum Gasteiger partial charge on any atom is -0.406 e. The number of urea groups is 1. The van der Waals surface area contributed by atoms with E-state index < -0.39 is 6.36 Å². The highest BCUT2D eigenvalue weighted by molar-refractivity contribution is 5.89. The summed E-state index contributed by atoms with van der Waals surface area (Å²) in [7, 11) is 3.82. The second-order valence-corrected chi connectivity index (χ2v) is 7.00. The van der Waals surface area contributed by atoms with Crippen molar-refractivity contribution in [3.63, 3.8) is 0 Å². The monoisotopic (exact) mass is 424 g/mol. The second-order valence-electron chi connectivity index (χ2n) is 7.00. The number of ether oxygens (including phenoxy) is 1. The van der Waals surface area contributed by atoms with E-state index in [9.17, 15) is 18.0 Å². The number of benzene rings is 1. The fourth-order valence-electron chi connectivity index (χ4n) is 3.01. The van der Waals surface area contributed by atoms with Crippen LogP contribution in [0.15, 0.2) is 30.3 Å². The van der Waals surface area contributed by atoms with Gasteiger partial charge in [-0.1, -0.05) is 0 Å². The second kappa shape index (κ2) is 8.64. The van der Waals surface area contributed by atoms with E-state index in [2.05, 4.69) is 24.9 Å². The van der Waals surface area contributed by atoms with Gasteiger partial charge in [-0.3, -0.25) is 0 Å². The van der Waals surface area contributed by atoms with Crippen molar-refractivity contribution in [2.24, 2.45) is 0 Å². The molecule has 162 valence electrons. The third-order valence-corrected chi connectivity index (χ3v) is 4.50. The van der Waals surface area contributed by atoms with E-state index in [0.717, 1.165) is 23.8 Å². The number of carbonyl (C=O) groups excluding carboxylic acids is 1. The number of anilines is 3. The van der Waals surface area contributed by atoms with E-state index in [-0.39, 0.29) is 11.8 Å². The van der Waals surface area contributed by atoms with Gasteiger partial charge < -0.3 is 24.8 Å². The molecule has 1 aromatic carbocycles. The summed E-state index contributed by atoms with van der Waals surface area (Å²) in [4.78, 5) is 27.0. The molecule has 1 N–H and O–H groups in total. The van der Waals surface area contributed by atoms with Crippen LogP contribution in [-0.4, -0.2) is 67.5 Å². The summed E-state index contributed by atoms with van der Waals surface area (Å²) >= 11 is 0. The average Bonchev–Trinajstić information content (AvgIpc) is 2.68. The van der Waals surface area contributed by atoms with Crippen molar-refractivity contribution in [1.82, 2.24) is 14.9 Å². The summed E-state index contributed by atoms with van der Waals surface area (Å²) < 4.78 is 40.5. The molecule has 1 fully saturated rings. The third kappa shape index (κ3) is 5.65. The van der Waals surface area contributed by atoms with Gasteiger partial charge in [-0.15, -0.1) is 13.2 Å².